The van der Waals surface area contributed by atoms with Gasteiger partial charge in [-0.2, -0.15) is 10.2 Å². The Balaban J connectivity index is 1.50. The van der Waals surface area contributed by atoms with Crippen molar-refractivity contribution in [3.63, 3.8) is 0 Å². The minimum absolute atomic E-state index is 0.000371. The molecule has 0 aliphatic carbocycles. The third-order valence-corrected chi connectivity index (χ3v) is 6.58. The fourth-order valence-corrected chi connectivity index (χ4v) is 5.07. The number of halogens is 1. The highest BCUT2D eigenvalue weighted by Crippen LogP contribution is 2.23. The van der Waals surface area contributed by atoms with Crippen molar-refractivity contribution in [3.05, 3.63) is 42.5 Å². The maximum absolute atomic E-state index is 14.3. The Hall–Kier alpha value is -3.08. The Kier molecular flexibility index (Phi) is 4.91. The minimum atomic E-state index is -3.19. The molecule has 0 spiro atoms. The van der Waals surface area contributed by atoms with E-state index < -0.39 is 27.6 Å². The lowest BCUT2D eigenvalue weighted by atomic mass is 10.1. The molecule has 1 fully saturated rings. The number of sulfone groups is 1. The number of aromatic nitrogens is 2. The van der Waals surface area contributed by atoms with Crippen LogP contribution in [0.1, 0.15) is 19.3 Å². The van der Waals surface area contributed by atoms with Gasteiger partial charge in [0.05, 0.1) is 17.5 Å². The molecule has 152 valence electrons. The van der Waals surface area contributed by atoms with E-state index in [0.717, 1.165) is 5.01 Å². The van der Waals surface area contributed by atoms with Gasteiger partial charge in [0, 0.05) is 30.9 Å². The summed E-state index contributed by atoms with van der Waals surface area (Å²) in [7, 11) is -3.19. The van der Waals surface area contributed by atoms with Crippen molar-refractivity contribution in [1.82, 2.24) is 14.8 Å². The zero-order chi connectivity index (χ0) is 20.6. The SMILES string of the molecule is O=C(Nc1ccc(-n2cccn2)c(F)c1)C1=NN([C@H]2CCS(=O)(=O)C2)C(=O)CC1. The summed E-state index contributed by atoms with van der Waals surface area (Å²) in [5, 5.41) is 11.8. The maximum atomic E-state index is 14.3. The molecule has 1 aromatic carbocycles. The van der Waals surface area contributed by atoms with Crippen molar-refractivity contribution in [2.75, 3.05) is 16.8 Å². The second-order valence-corrected chi connectivity index (χ2v) is 9.14. The Morgan fingerprint density at radius 3 is 2.76 bits per heavy atom. The molecule has 1 saturated heterocycles. The number of hydrogen-bond donors (Lipinski definition) is 1. The lowest BCUT2D eigenvalue weighted by Crippen LogP contribution is -2.42. The van der Waals surface area contributed by atoms with Gasteiger partial charge < -0.3 is 5.32 Å². The highest BCUT2D eigenvalue weighted by atomic mass is 32.2. The number of hydrogen-bond acceptors (Lipinski definition) is 6. The third kappa shape index (κ3) is 4.04. The Bertz CT molecular complexity index is 1100. The summed E-state index contributed by atoms with van der Waals surface area (Å²) in [6, 6.07) is 5.30. The molecule has 0 unspecified atom stereocenters. The smallest absolute Gasteiger partial charge is 0.271 e. The summed E-state index contributed by atoms with van der Waals surface area (Å²) >= 11 is 0. The number of hydrazone groups is 1. The Labute approximate surface area is 166 Å². The van der Waals surface area contributed by atoms with Gasteiger partial charge in [-0.05, 0) is 30.7 Å². The van der Waals surface area contributed by atoms with E-state index in [9.17, 15) is 22.4 Å². The van der Waals surface area contributed by atoms with Gasteiger partial charge in [0.15, 0.2) is 15.7 Å². The Morgan fingerprint density at radius 2 is 2.10 bits per heavy atom. The van der Waals surface area contributed by atoms with Crippen molar-refractivity contribution >= 4 is 33.1 Å². The first-order valence-corrected chi connectivity index (χ1v) is 10.9. The fourth-order valence-electron chi connectivity index (χ4n) is 3.37. The van der Waals surface area contributed by atoms with E-state index >= 15 is 0 Å². The second kappa shape index (κ2) is 7.39. The van der Waals surface area contributed by atoms with Crippen LogP contribution in [0, 0.1) is 5.82 Å². The van der Waals surface area contributed by atoms with Crippen LogP contribution in [0.3, 0.4) is 0 Å². The van der Waals surface area contributed by atoms with E-state index in [4.69, 9.17) is 0 Å². The van der Waals surface area contributed by atoms with E-state index in [1.165, 1.54) is 29.1 Å². The first-order valence-electron chi connectivity index (χ1n) is 9.03. The summed E-state index contributed by atoms with van der Waals surface area (Å²) < 4.78 is 39.1. The molecular formula is C18H18FN5O4S. The molecular weight excluding hydrogens is 401 g/mol. The predicted octanol–water partition coefficient (Wildman–Crippen LogP) is 1.12. The van der Waals surface area contributed by atoms with Crippen LogP contribution in [-0.4, -0.2) is 58.3 Å². The van der Waals surface area contributed by atoms with Crippen LogP contribution >= 0.6 is 0 Å². The molecule has 2 aliphatic rings. The quantitative estimate of drug-likeness (QED) is 0.798. The lowest BCUT2D eigenvalue weighted by Gasteiger charge is -2.27. The number of rotatable bonds is 4. The van der Waals surface area contributed by atoms with Crippen molar-refractivity contribution in [2.24, 2.45) is 5.10 Å². The minimum Gasteiger partial charge on any atom is -0.321 e. The summed E-state index contributed by atoms with van der Waals surface area (Å²) in [5.74, 6) is -1.59. The van der Waals surface area contributed by atoms with Gasteiger partial charge >= 0.3 is 0 Å². The first kappa shape index (κ1) is 19.2. The fraction of sp³-hybridized carbons (Fsp3) is 0.333. The molecule has 2 aromatic rings. The third-order valence-electron chi connectivity index (χ3n) is 4.83. The van der Waals surface area contributed by atoms with E-state index in [1.807, 2.05) is 0 Å². The molecule has 9 nitrogen and oxygen atoms in total. The molecule has 1 atom stereocenters. The second-order valence-electron chi connectivity index (χ2n) is 6.91. The monoisotopic (exact) mass is 419 g/mol. The molecule has 3 heterocycles. The summed E-state index contributed by atoms with van der Waals surface area (Å²) in [4.78, 5) is 24.7. The number of benzene rings is 1. The molecule has 4 rings (SSSR count). The summed E-state index contributed by atoms with van der Waals surface area (Å²) in [6.07, 6.45) is 3.62. The van der Waals surface area contributed by atoms with Gasteiger partial charge in [-0.3, -0.25) is 9.59 Å². The van der Waals surface area contributed by atoms with Crippen molar-refractivity contribution in [2.45, 2.75) is 25.3 Å². The van der Waals surface area contributed by atoms with Crippen LogP contribution in [-0.2, 0) is 19.4 Å². The van der Waals surface area contributed by atoms with Gasteiger partial charge in [0.2, 0.25) is 5.91 Å². The largest absolute Gasteiger partial charge is 0.321 e. The zero-order valence-corrected chi connectivity index (χ0v) is 16.1. The number of carbonyl (C=O) groups excluding carboxylic acids is 2. The standard InChI is InChI=1S/C18H18FN5O4S/c19-14-10-12(2-4-16(14)23-8-1-7-20-23)21-18(26)15-3-5-17(25)24(22-15)13-6-9-29(27,28)11-13/h1-2,4,7-8,10,13H,3,5-6,9,11H2,(H,21,26)/t13-/m0/s1. The van der Waals surface area contributed by atoms with Crippen LogP contribution in [0.4, 0.5) is 10.1 Å². The zero-order valence-electron chi connectivity index (χ0n) is 15.3. The highest BCUT2D eigenvalue weighted by molar-refractivity contribution is 7.91. The highest BCUT2D eigenvalue weighted by Gasteiger charge is 2.37. The maximum Gasteiger partial charge on any atom is 0.271 e. The van der Waals surface area contributed by atoms with E-state index in [0.29, 0.717) is 6.42 Å². The molecule has 29 heavy (non-hydrogen) atoms. The van der Waals surface area contributed by atoms with E-state index in [-0.39, 0.29) is 47.3 Å². The topological polar surface area (TPSA) is 114 Å². The lowest BCUT2D eigenvalue weighted by molar-refractivity contribution is -0.133. The van der Waals surface area contributed by atoms with Crippen molar-refractivity contribution in [3.8, 4) is 5.69 Å². The van der Waals surface area contributed by atoms with Crippen LogP contribution < -0.4 is 5.32 Å². The Morgan fingerprint density at radius 1 is 1.28 bits per heavy atom. The molecule has 0 saturated carbocycles. The first-order chi connectivity index (χ1) is 13.8. The van der Waals surface area contributed by atoms with Crippen LogP contribution in [0.25, 0.3) is 5.69 Å². The molecule has 11 heteroatoms. The van der Waals surface area contributed by atoms with Crippen LogP contribution in [0.5, 0.6) is 0 Å². The molecule has 0 bridgehead atoms. The molecule has 0 radical (unpaired) electrons. The average Bonchev–Trinajstić information content (AvgIpc) is 3.32. The number of nitrogens with one attached hydrogen (secondary N) is 1. The van der Waals surface area contributed by atoms with Crippen LogP contribution in [0.15, 0.2) is 41.8 Å². The molecule has 2 aliphatic heterocycles. The van der Waals surface area contributed by atoms with Gasteiger partial charge in [-0.1, -0.05) is 0 Å². The normalized spacial score (nSPS) is 21.1. The van der Waals surface area contributed by atoms with E-state index in [2.05, 4.69) is 15.5 Å². The van der Waals surface area contributed by atoms with Gasteiger partial charge in [-0.25, -0.2) is 22.5 Å². The summed E-state index contributed by atoms with van der Waals surface area (Å²) in [6.45, 7) is 0. The average molecular weight is 419 g/mol. The van der Waals surface area contributed by atoms with Crippen molar-refractivity contribution < 1.29 is 22.4 Å². The molecule has 1 aromatic heterocycles. The predicted molar refractivity (Wildman–Crippen MR) is 103 cm³/mol. The van der Waals surface area contributed by atoms with Gasteiger partial charge in [0.1, 0.15) is 11.4 Å². The van der Waals surface area contributed by atoms with Gasteiger partial charge in [0.25, 0.3) is 5.91 Å². The number of anilines is 1. The summed E-state index contributed by atoms with van der Waals surface area (Å²) in [5.41, 5.74) is 0.575. The number of nitrogens with zero attached hydrogens (tertiary/aromatic N) is 4. The van der Waals surface area contributed by atoms with Gasteiger partial charge in [-0.15, -0.1) is 0 Å². The number of carbonyl (C=O) groups is 2. The molecule has 2 amide bonds. The van der Waals surface area contributed by atoms with Crippen LogP contribution in [0.2, 0.25) is 0 Å². The number of amides is 2. The van der Waals surface area contributed by atoms with Crippen molar-refractivity contribution in [1.29, 1.82) is 0 Å². The van der Waals surface area contributed by atoms with E-state index in [1.54, 1.807) is 12.3 Å². The molecule has 1 N–H and O–H groups in total.